The molecule has 188 valence electrons. The lowest BCUT2D eigenvalue weighted by atomic mass is 10.1. The summed E-state index contributed by atoms with van der Waals surface area (Å²) in [6.07, 6.45) is 3.00. The van der Waals surface area contributed by atoms with Crippen LogP contribution in [0.3, 0.4) is 0 Å². The minimum atomic E-state index is -2.43. The van der Waals surface area contributed by atoms with E-state index in [0.717, 1.165) is 16.7 Å². The van der Waals surface area contributed by atoms with Gasteiger partial charge < -0.3 is 14.2 Å². The Hall–Kier alpha value is -2.83. The highest BCUT2D eigenvalue weighted by Gasteiger charge is 2.34. The number of rotatable bonds is 14. The van der Waals surface area contributed by atoms with E-state index in [0.29, 0.717) is 0 Å². The van der Waals surface area contributed by atoms with Gasteiger partial charge >= 0.3 is 4.57 Å². The van der Waals surface area contributed by atoms with Crippen molar-refractivity contribution in [3.63, 3.8) is 0 Å². The third kappa shape index (κ3) is 9.32. The Labute approximate surface area is 219 Å². The molecule has 8 heteroatoms. The van der Waals surface area contributed by atoms with Gasteiger partial charge in [-0.1, -0.05) is 96.9 Å². The van der Waals surface area contributed by atoms with E-state index in [2.05, 4.69) is 5.92 Å². The van der Waals surface area contributed by atoms with Crippen LogP contribution < -0.4 is 0 Å². The van der Waals surface area contributed by atoms with Crippen molar-refractivity contribution in [3.05, 3.63) is 108 Å². The average Bonchev–Trinajstić information content (AvgIpc) is 2.91. The van der Waals surface area contributed by atoms with Crippen LogP contribution in [0.4, 0.5) is 4.79 Å². The summed E-state index contributed by atoms with van der Waals surface area (Å²) in [5.74, 6) is 2.60. The van der Waals surface area contributed by atoms with Crippen molar-refractivity contribution in [1.29, 1.82) is 0 Å². The van der Waals surface area contributed by atoms with E-state index in [1.54, 1.807) is 0 Å². The third-order valence-corrected chi connectivity index (χ3v) is 6.18. The summed E-state index contributed by atoms with van der Waals surface area (Å²) in [7, 11) is 0. The Balaban J connectivity index is 1.79. The molecule has 0 heterocycles. The molecule has 3 aromatic rings. The van der Waals surface area contributed by atoms with Gasteiger partial charge in [0.1, 0.15) is 18.3 Å². The Morgan fingerprint density at radius 2 is 1.28 bits per heavy atom. The van der Waals surface area contributed by atoms with E-state index in [-0.39, 0.29) is 26.4 Å². The minimum Gasteiger partial charge on any atom is -0.374 e. The zero-order valence-corrected chi connectivity index (χ0v) is 21.1. The Kier molecular flexibility index (Phi) is 11.8. The molecule has 0 aliphatic heterocycles. The van der Waals surface area contributed by atoms with Gasteiger partial charge in [0.05, 0.1) is 26.4 Å². The van der Waals surface area contributed by atoms with Crippen LogP contribution in [0.15, 0.2) is 91.0 Å². The zero-order chi connectivity index (χ0) is 25.6. The van der Waals surface area contributed by atoms with Gasteiger partial charge in [-0.3, -0.25) is 8.98 Å². The van der Waals surface area contributed by atoms with Crippen LogP contribution in [0.5, 0.6) is 0 Å². The van der Waals surface area contributed by atoms with Gasteiger partial charge in [-0.15, -0.1) is 6.42 Å². The van der Waals surface area contributed by atoms with Gasteiger partial charge in [0.25, 0.3) is 0 Å². The first-order chi connectivity index (χ1) is 17.6. The first-order valence-corrected chi connectivity index (χ1v) is 12.7. The predicted octanol–water partition coefficient (Wildman–Crippen LogP) is 5.41. The second kappa shape index (κ2) is 15.3. The molecule has 4 atom stereocenters. The zero-order valence-electron chi connectivity index (χ0n) is 19.5. The summed E-state index contributed by atoms with van der Waals surface area (Å²) < 4.78 is 34.6. The molecule has 0 saturated carbocycles. The molecule has 0 spiro atoms. The van der Waals surface area contributed by atoms with Gasteiger partial charge in [-0.25, -0.2) is 4.21 Å². The predicted molar refractivity (Wildman–Crippen MR) is 139 cm³/mol. The third-order valence-electron chi connectivity index (χ3n) is 5.12. The molecular weight excluding hydrogens is 500 g/mol. The second-order valence-corrected chi connectivity index (χ2v) is 9.35. The number of ether oxygens (including phenoxy) is 3. The topological polar surface area (TPSA) is 71.1 Å². The number of terminal acetylenes is 1. The fourth-order valence-electron chi connectivity index (χ4n) is 3.35. The fourth-order valence-corrected chi connectivity index (χ4v) is 3.92. The molecule has 1 unspecified atom stereocenters. The summed E-state index contributed by atoms with van der Waals surface area (Å²) in [6, 6.07) is 28.5. The highest BCUT2D eigenvalue weighted by molar-refractivity contribution is 7.99. The molecule has 36 heavy (non-hydrogen) atoms. The maximum Gasteiger partial charge on any atom is 0.336 e. The number of benzene rings is 3. The molecular formula is C28H27ClO6S. The molecule has 0 fully saturated rings. The highest BCUT2D eigenvalue weighted by atomic mass is 35.5. The van der Waals surface area contributed by atoms with Crippen molar-refractivity contribution in [1.82, 2.24) is 0 Å². The normalized spacial score (nSPS) is 14.3. The lowest BCUT2D eigenvalue weighted by Gasteiger charge is -2.30. The quantitative estimate of drug-likeness (QED) is 0.206. The lowest BCUT2D eigenvalue weighted by Crippen LogP contribution is -2.45. The molecule has 0 bridgehead atoms. The van der Waals surface area contributed by atoms with Crippen LogP contribution in [0, 0.1) is 12.3 Å². The van der Waals surface area contributed by atoms with Gasteiger partial charge in [0.2, 0.25) is 11.1 Å². The highest BCUT2D eigenvalue weighted by Crippen LogP contribution is 2.19. The number of halogens is 1. The smallest absolute Gasteiger partial charge is 0.336 e. The van der Waals surface area contributed by atoms with Crippen molar-refractivity contribution in [3.8, 4) is 12.3 Å². The fraction of sp³-hybridized carbons (Fsp3) is 0.250. The molecule has 3 rings (SSSR count). The molecule has 0 aliphatic carbocycles. The largest absolute Gasteiger partial charge is 0.374 e. The number of hydrogen-bond donors (Lipinski definition) is 0. The number of carbonyl (C=O) groups excluding carboxylic acids is 1. The monoisotopic (exact) mass is 526 g/mol. The van der Waals surface area contributed by atoms with Crippen LogP contribution in [0.25, 0.3) is 0 Å². The number of hydrogen-bond acceptors (Lipinski definition) is 6. The summed E-state index contributed by atoms with van der Waals surface area (Å²) in [5, 5.41) is 0. The molecule has 0 radical (unpaired) electrons. The number of carbonyl (C=O) groups is 1. The molecule has 0 amide bonds. The SMILES string of the molecule is C#C[C@H](OCc1ccccc1)[C@H](OCc1ccccc1)[C@@H](COCc1ccccc1)OS(=O)C(=O)Cl. The van der Waals surface area contributed by atoms with E-state index in [4.69, 9.17) is 36.4 Å². The van der Waals surface area contributed by atoms with Crippen LogP contribution >= 0.6 is 11.6 Å². The average molecular weight is 527 g/mol. The minimum absolute atomic E-state index is 0.0723. The van der Waals surface area contributed by atoms with Crippen molar-refractivity contribution in [2.24, 2.45) is 0 Å². The van der Waals surface area contributed by atoms with Crippen LogP contribution in [0.2, 0.25) is 0 Å². The van der Waals surface area contributed by atoms with E-state index in [9.17, 15) is 9.00 Å². The maximum atomic E-state index is 12.3. The van der Waals surface area contributed by atoms with Crippen molar-refractivity contribution < 1.29 is 27.4 Å². The molecule has 6 nitrogen and oxygen atoms in total. The lowest BCUT2D eigenvalue weighted by molar-refractivity contribution is -0.120. The van der Waals surface area contributed by atoms with Crippen molar-refractivity contribution in [2.45, 2.75) is 38.1 Å². The Bertz CT molecular complexity index is 1120. The van der Waals surface area contributed by atoms with Gasteiger partial charge in [-0.2, -0.15) is 0 Å². The van der Waals surface area contributed by atoms with Gasteiger partial charge in [-0.05, 0) is 28.3 Å². The van der Waals surface area contributed by atoms with Crippen LogP contribution in [-0.2, 0) is 49.3 Å². The molecule has 0 aliphatic rings. The van der Waals surface area contributed by atoms with E-state index in [1.165, 1.54) is 0 Å². The summed E-state index contributed by atoms with van der Waals surface area (Å²) in [5.41, 5.74) is 2.73. The van der Waals surface area contributed by atoms with E-state index in [1.807, 2.05) is 91.0 Å². The van der Waals surface area contributed by atoms with Crippen LogP contribution in [-0.4, -0.2) is 33.7 Å². The molecule has 0 aromatic heterocycles. The maximum absolute atomic E-state index is 12.3. The van der Waals surface area contributed by atoms with E-state index < -0.39 is 34.0 Å². The van der Waals surface area contributed by atoms with Crippen molar-refractivity contribution >= 4 is 27.3 Å². The van der Waals surface area contributed by atoms with Crippen molar-refractivity contribution in [2.75, 3.05) is 6.61 Å². The first kappa shape index (κ1) is 27.8. The van der Waals surface area contributed by atoms with Crippen LogP contribution in [0.1, 0.15) is 16.7 Å². The van der Waals surface area contributed by atoms with E-state index >= 15 is 0 Å². The first-order valence-electron chi connectivity index (χ1n) is 11.2. The van der Waals surface area contributed by atoms with Gasteiger partial charge in [0.15, 0.2) is 0 Å². The summed E-state index contributed by atoms with van der Waals surface area (Å²) in [4.78, 5) is 11.5. The molecule has 0 saturated heterocycles. The summed E-state index contributed by atoms with van der Waals surface area (Å²) >= 11 is 2.98. The molecule has 0 N–H and O–H groups in total. The second-order valence-electron chi connectivity index (χ2n) is 7.75. The Morgan fingerprint density at radius 1 is 0.806 bits per heavy atom. The standard InChI is InChI=1S/C28H27ClO6S/c1-2-25(33-19-23-14-8-4-9-15-23)27(34-20-24-16-10-5-11-17-24)26(35-36(31)28(29)30)21-32-18-22-12-6-3-7-13-22/h1,3-17,25-27H,18-21H2/t25-,26+,27-,36?/m0/s1. The Morgan fingerprint density at radius 3 is 1.75 bits per heavy atom. The van der Waals surface area contributed by atoms with Gasteiger partial charge in [0, 0.05) is 0 Å². The molecule has 3 aromatic carbocycles. The summed E-state index contributed by atoms with van der Waals surface area (Å²) in [6.45, 7) is 0.588.